The van der Waals surface area contributed by atoms with E-state index in [0.29, 0.717) is 31.2 Å². The average Bonchev–Trinajstić information content (AvgIpc) is 3.46. The zero-order valence-corrected chi connectivity index (χ0v) is 26.3. The maximum Gasteiger partial charge on any atom is 0.330 e. The number of aliphatic carboxylic acids is 1. The fourth-order valence-electron chi connectivity index (χ4n) is 7.50. The van der Waals surface area contributed by atoms with Crippen LogP contribution < -0.4 is 5.32 Å². The fraction of sp³-hybridized carbons (Fsp3) is 0.543. The lowest BCUT2D eigenvalue weighted by Gasteiger charge is -2.35. The summed E-state index contributed by atoms with van der Waals surface area (Å²) in [5.74, 6) is -0.980. The zero-order chi connectivity index (χ0) is 32.5. The molecule has 3 atom stereocenters. The van der Waals surface area contributed by atoms with Gasteiger partial charge in [0.25, 0.3) is 5.69 Å². The van der Waals surface area contributed by atoms with E-state index in [1.54, 1.807) is 30.3 Å². The van der Waals surface area contributed by atoms with Gasteiger partial charge < -0.3 is 20.1 Å². The highest BCUT2D eigenvalue weighted by Crippen LogP contribution is 2.38. The molecular formula is C35H45FN4O6. The molecule has 3 aliphatic rings. The van der Waals surface area contributed by atoms with E-state index in [1.807, 2.05) is 6.07 Å². The summed E-state index contributed by atoms with van der Waals surface area (Å²) in [5, 5.41) is 24.5. The number of halogens is 1. The van der Waals surface area contributed by atoms with Crippen LogP contribution in [0.1, 0.15) is 62.0 Å². The summed E-state index contributed by atoms with van der Waals surface area (Å²) in [4.78, 5) is 39.5. The molecule has 3 fully saturated rings. The summed E-state index contributed by atoms with van der Waals surface area (Å²) in [7, 11) is 0. The third kappa shape index (κ3) is 9.20. The molecule has 248 valence electrons. The Labute approximate surface area is 269 Å². The average molecular weight is 637 g/mol. The minimum atomic E-state index is -0.732. The number of carbonyl (C=O) groups excluding carboxylic acids is 1. The van der Waals surface area contributed by atoms with Gasteiger partial charge in [0.05, 0.1) is 4.92 Å². The maximum absolute atomic E-state index is 14.3. The second-order valence-corrected chi connectivity index (χ2v) is 13.0. The SMILES string of the molecule is O=C(C=CCNC1CCN(C[C@H]2CN([C@@H](C(=O)O)C3CCCCC3)C[C@@H]2c2cccc(F)c2)CC1)OCc1ccc([N+](=O)[O-])cc1. The number of carbonyl (C=O) groups is 2. The summed E-state index contributed by atoms with van der Waals surface area (Å²) < 4.78 is 19.5. The molecule has 2 aromatic rings. The van der Waals surface area contributed by atoms with Crippen LogP contribution in [0, 0.1) is 27.8 Å². The first-order chi connectivity index (χ1) is 22.3. The Morgan fingerprint density at radius 2 is 1.80 bits per heavy atom. The third-order valence-electron chi connectivity index (χ3n) is 9.88. The van der Waals surface area contributed by atoms with Crippen molar-refractivity contribution >= 4 is 17.6 Å². The van der Waals surface area contributed by atoms with Crippen molar-refractivity contribution in [3.05, 3.63) is 87.7 Å². The van der Waals surface area contributed by atoms with E-state index in [0.717, 1.165) is 63.7 Å². The van der Waals surface area contributed by atoms with Crippen LogP contribution >= 0.6 is 0 Å². The van der Waals surface area contributed by atoms with E-state index in [1.165, 1.54) is 30.7 Å². The van der Waals surface area contributed by atoms with Gasteiger partial charge >= 0.3 is 11.9 Å². The standard InChI is InChI=1S/C35H45FN4O6/c36-29-9-4-8-27(20-29)32-23-39(34(35(42)43)26-6-2-1-3-7-26)22-28(32)21-38-18-15-30(16-19-38)37-17-5-10-33(41)46-24-25-11-13-31(14-12-25)40(44)45/h4-5,8-14,20,26,28,30,32,34,37H,1-3,6-7,15-19,21-24H2,(H,42,43)/t28-,32+,34+/m0/s1. The summed E-state index contributed by atoms with van der Waals surface area (Å²) in [6, 6.07) is 12.6. The molecular weight excluding hydrogens is 591 g/mol. The van der Waals surface area contributed by atoms with Gasteiger partial charge in [-0.05, 0) is 86.0 Å². The Kier molecular flexibility index (Phi) is 11.9. The molecule has 2 N–H and O–H groups in total. The number of likely N-dealkylation sites (tertiary alicyclic amines) is 2. The summed E-state index contributed by atoms with van der Waals surface area (Å²) in [6.45, 7) is 4.60. The quantitative estimate of drug-likeness (QED) is 0.133. The van der Waals surface area contributed by atoms with Gasteiger partial charge in [-0.1, -0.05) is 37.5 Å². The number of carboxylic acids is 1. The predicted molar refractivity (Wildman–Crippen MR) is 172 cm³/mol. The van der Waals surface area contributed by atoms with E-state index in [-0.39, 0.29) is 35.9 Å². The van der Waals surface area contributed by atoms with Crippen LogP contribution in [0.3, 0.4) is 0 Å². The van der Waals surface area contributed by atoms with Crippen molar-refractivity contribution < 1.29 is 28.7 Å². The zero-order valence-electron chi connectivity index (χ0n) is 26.3. The maximum atomic E-state index is 14.3. The van der Waals surface area contributed by atoms with E-state index in [4.69, 9.17) is 4.74 Å². The van der Waals surface area contributed by atoms with Gasteiger partial charge in [-0.3, -0.25) is 19.8 Å². The molecule has 10 nitrogen and oxygen atoms in total. The molecule has 2 aliphatic heterocycles. The molecule has 11 heteroatoms. The molecule has 5 rings (SSSR count). The first kappa shape index (κ1) is 33.7. The highest BCUT2D eigenvalue weighted by Gasteiger charge is 2.43. The molecule has 0 spiro atoms. The van der Waals surface area contributed by atoms with Crippen molar-refractivity contribution in [2.45, 2.75) is 69.6 Å². The number of ether oxygens (including phenoxy) is 1. The number of nitro benzene ring substituents is 1. The number of esters is 1. The van der Waals surface area contributed by atoms with Crippen LogP contribution in [0.4, 0.5) is 10.1 Å². The molecule has 2 aromatic carbocycles. The third-order valence-corrected chi connectivity index (χ3v) is 9.88. The Balaban J connectivity index is 1.08. The van der Waals surface area contributed by atoms with Gasteiger partial charge in [0, 0.05) is 56.3 Å². The van der Waals surface area contributed by atoms with Crippen molar-refractivity contribution in [2.24, 2.45) is 11.8 Å². The molecule has 0 aromatic heterocycles. The number of benzene rings is 2. The van der Waals surface area contributed by atoms with Gasteiger partial charge in [-0.15, -0.1) is 0 Å². The molecule has 2 saturated heterocycles. The first-order valence-corrected chi connectivity index (χ1v) is 16.5. The number of non-ortho nitro benzene ring substituents is 1. The van der Waals surface area contributed by atoms with E-state index in [9.17, 15) is 29.2 Å². The number of hydrogen-bond acceptors (Lipinski definition) is 8. The molecule has 0 bridgehead atoms. The van der Waals surface area contributed by atoms with Gasteiger partial charge in [0.2, 0.25) is 0 Å². The minimum Gasteiger partial charge on any atom is -0.480 e. The second-order valence-electron chi connectivity index (χ2n) is 13.0. The smallest absolute Gasteiger partial charge is 0.330 e. The summed E-state index contributed by atoms with van der Waals surface area (Å²) >= 11 is 0. The minimum absolute atomic E-state index is 0.0103. The van der Waals surface area contributed by atoms with Crippen molar-refractivity contribution in [3.8, 4) is 0 Å². The number of nitrogens with one attached hydrogen (secondary N) is 1. The number of carboxylic acid groups (broad SMARTS) is 1. The van der Waals surface area contributed by atoms with Gasteiger partial charge in [0.1, 0.15) is 18.5 Å². The summed E-state index contributed by atoms with van der Waals surface area (Å²) in [6.07, 6.45) is 10.3. The van der Waals surface area contributed by atoms with Crippen molar-refractivity contribution in [1.29, 1.82) is 0 Å². The largest absolute Gasteiger partial charge is 0.480 e. The van der Waals surface area contributed by atoms with Crippen LogP contribution in [-0.2, 0) is 20.9 Å². The molecule has 0 radical (unpaired) electrons. The van der Waals surface area contributed by atoms with E-state index < -0.39 is 22.9 Å². The normalized spacial score (nSPS) is 22.6. The number of hydrogen-bond donors (Lipinski definition) is 2. The van der Waals surface area contributed by atoms with Crippen LogP contribution in [0.15, 0.2) is 60.7 Å². The van der Waals surface area contributed by atoms with Crippen LogP contribution in [0.25, 0.3) is 0 Å². The lowest BCUT2D eigenvalue weighted by Crippen LogP contribution is -2.47. The monoisotopic (exact) mass is 636 g/mol. The second kappa shape index (κ2) is 16.2. The highest BCUT2D eigenvalue weighted by atomic mass is 19.1. The van der Waals surface area contributed by atoms with Crippen LogP contribution in [-0.4, -0.2) is 83.1 Å². The molecule has 0 unspecified atom stereocenters. The van der Waals surface area contributed by atoms with E-state index in [2.05, 4.69) is 15.1 Å². The molecule has 46 heavy (non-hydrogen) atoms. The lowest BCUT2D eigenvalue weighted by atomic mass is 9.83. The van der Waals surface area contributed by atoms with Gasteiger partial charge in [-0.2, -0.15) is 0 Å². The number of rotatable bonds is 13. The van der Waals surface area contributed by atoms with Crippen molar-refractivity contribution in [1.82, 2.24) is 15.1 Å². The van der Waals surface area contributed by atoms with Gasteiger partial charge in [-0.25, -0.2) is 9.18 Å². The van der Waals surface area contributed by atoms with Crippen molar-refractivity contribution in [3.63, 3.8) is 0 Å². The van der Waals surface area contributed by atoms with Crippen molar-refractivity contribution in [2.75, 3.05) is 39.3 Å². The molecule has 2 heterocycles. The van der Waals surface area contributed by atoms with Crippen LogP contribution in [0.5, 0.6) is 0 Å². The topological polar surface area (TPSA) is 125 Å². The number of nitro groups is 1. The highest BCUT2D eigenvalue weighted by molar-refractivity contribution is 5.81. The Morgan fingerprint density at radius 1 is 1.07 bits per heavy atom. The number of piperidine rings is 1. The lowest BCUT2D eigenvalue weighted by molar-refractivity contribution is -0.384. The summed E-state index contributed by atoms with van der Waals surface area (Å²) in [5.41, 5.74) is 1.62. The fourth-order valence-corrected chi connectivity index (χ4v) is 7.50. The Hall–Kier alpha value is -3.67. The Morgan fingerprint density at radius 3 is 2.48 bits per heavy atom. The Bertz CT molecular complexity index is 1360. The van der Waals surface area contributed by atoms with Gasteiger partial charge in [0.15, 0.2) is 0 Å². The predicted octanol–water partition coefficient (Wildman–Crippen LogP) is 5.14. The van der Waals surface area contributed by atoms with Crippen LogP contribution in [0.2, 0.25) is 0 Å². The molecule has 1 aliphatic carbocycles. The number of nitrogens with zero attached hydrogens (tertiary/aromatic N) is 3. The molecule has 1 saturated carbocycles. The van der Waals surface area contributed by atoms with E-state index >= 15 is 0 Å². The first-order valence-electron chi connectivity index (χ1n) is 16.5. The molecule has 0 amide bonds.